The minimum Gasteiger partial charge on any atom is -0.444 e. The highest BCUT2D eigenvalue weighted by atomic mass is 35.5. The van der Waals surface area contributed by atoms with E-state index in [1.54, 1.807) is 11.2 Å². The molecule has 3 aromatic rings. The van der Waals surface area contributed by atoms with Crippen molar-refractivity contribution in [2.45, 2.75) is 38.8 Å². The number of amides is 1. The van der Waals surface area contributed by atoms with Gasteiger partial charge in [-0.1, -0.05) is 0 Å². The molecule has 1 amide bonds. The number of halogens is 1. The average Bonchev–Trinajstić information content (AvgIpc) is 3.48. The lowest BCUT2D eigenvalue weighted by molar-refractivity contribution is 0.0240. The third-order valence-corrected chi connectivity index (χ3v) is 6.18. The lowest BCUT2D eigenvalue weighted by Gasteiger charge is -2.36. The second kappa shape index (κ2) is 9.50. The van der Waals surface area contributed by atoms with Crippen LogP contribution in [-0.4, -0.2) is 75.5 Å². The van der Waals surface area contributed by atoms with E-state index in [9.17, 15) is 4.79 Å². The topological polar surface area (TPSA) is 94.8 Å². The van der Waals surface area contributed by atoms with E-state index >= 15 is 0 Å². The van der Waals surface area contributed by atoms with Crippen LogP contribution in [0.15, 0.2) is 30.6 Å². The number of ether oxygens (including phenoxy) is 3. The highest BCUT2D eigenvalue weighted by Gasteiger charge is 2.26. The zero-order chi connectivity index (χ0) is 24.6. The summed E-state index contributed by atoms with van der Waals surface area (Å²) < 4.78 is 19.0. The first-order valence-corrected chi connectivity index (χ1v) is 12.1. The summed E-state index contributed by atoms with van der Waals surface area (Å²) >= 11 is 6.20. The van der Waals surface area contributed by atoms with Crippen molar-refractivity contribution >= 4 is 34.5 Å². The van der Waals surface area contributed by atoms with Crippen LogP contribution >= 0.6 is 11.6 Å². The van der Waals surface area contributed by atoms with E-state index in [2.05, 4.69) is 19.9 Å². The van der Waals surface area contributed by atoms with Gasteiger partial charge in [0, 0.05) is 38.5 Å². The zero-order valence-electron chi connectivity index (χ0n) is 20.1. The van der Waals surface area contributed by atoms with Gasteiger partial charge in [-0.15, -0.1) is 0 Å². The van der Waals surface area contributed by atoms with Crippen LogP contribution in [0, 0.1) is 0 Å². The second-order valence-electron chi connectivity index (χ2n) is 9.69. The Morgan fingerprint density at radius 3 is 2.51 bits per heavy atom. The Morgan fingerprint density at radius 1 is 1.11 bits per heavy atom. The molecular formula is C24H29ClN6O4. The Morgan fingerprint density at radius 2 is 1.86 bits per heavy atom. The molecule has 11 heteroatoms. The maximum Gasteiger partial charge on any atom is 0.410 e. The second-order valence-corrected chi connectivity index (χ2v) is 10.0. The smallest absolute Gasteiger partial charge is 0.410 e. The van der Waals surface area contributed by atoms with Gasteiger partial charge in [0.05, 0.1) is 19.0 Å². The molecule has 0 N–H and O–H groups in total. The van der Waals surface area contributed by atoms with Crippen LogP contribution in [0.2, 0.25) is 5.28 Å². The number of fused-ring (bicyclic) bond motifs is 1. The van der Waals surface area contributed by atoms with Crippen molar-refractivity contribution in [1.29, 1.82) is 0 Å². The maximum absolute atomic E-state index is 12.3. The molecule has 0 aliphatic carbocycles. The largest absolute Gasteiger partial charge is 0.444 e. The number of anilines is 1. The lowest BCUT2D eigenvalue weighted by atomic mass is 10.2. The summed E-state index contributed by atoms with van der Waals surface area (Å²) in [5.41, 5.74) is 1.75. The monoisotopic (exact) mass is 500 g/mol. The van der Waals surface area contributed by atoms with Gasteiger partial charge >= 0.3 is 6.09 Å². The molecule has 0 radical (unpaired) electrons. The third-order valence-electron chi connectivity index (χ3n) is 6.01. The first-order chi connectivity index (χ1) is 16.8. The Hall–Kier alpha value is -3.11. The van der Waals surface area contributed by atoms with Gasteiger partial charge in [-0.3, -0.25) is 0 Å². The van der Waals surface area contributed by atoms with Crippen molar-refractivity contribution in [3.8, 4) is 11.6 Å². The summed E-state index contributed by atoms with van der Waals surface area (Å²) in [5.74, 6) is 0.937. The van der Waals surface area contributed by atoms with E-state index in [4.69, 9.17) is 25.8 Å². The lowest BCUT2D eigenvalue weighted by Crippen LogP contribution is -2.50. The van der Waals surface area contributed by atoms with E-state index < -0.39 is 5.60 Å². The molecule has 2 saturated heterocycles. The van der Waals surface area contributed by atoms with Crippen LogP contribution in [0.4, 0.5) is 10.5 Å². The van der Waals surface area contributed by atoms with Crippen LogP contribution in [0.5, 0.6) is 11.6 Å². The summed E-state index contributed by atoms with van der Waals surface area (Å²) in [5, 5.41) is 0.104. The molecule has 0 bridgehead atoms. The van der Waals surface area contributed by atoms with E-state index in [-0.39, 0.29) is 17.4 Å². The molecule has 1 unspecified atom stereocenters. The normalized spacial score (nSPS) is 18.8. The van der Waals surface area contributed by atoms with Gasteiger partial charge in [0.1, 0.15) is 11.4 Å². The molecular weight excluding hydrogens is 472 g/mol. The first-order valence-electron chi connectivity index (χ1n) is 11.8. The van der Waals surface area contributed by atoms with Crippen molar-refractivity contribution in [2.24, 2.45) is 0 Å². The molecule has 2 fully saturated rings. The van der Waals surface area contributed by atoms with Crippen LogP contribution in [-0.2, 0) is 9.47 Å². The van der Waals surface area contributed by atoms with Gasteiger partial charge in [-0.05, 0) is 63.1 Å². The van der Waals surface area contributed by atoms with Crippen molar-refractivity contribution in [3.63, 3.8) is 0 Å². The van der Waals surface area contributed by atoms with E-state index in [0.717, 1.165) is 31.8 Å². The van der Waals surface area contributed by atoms with Gasteiger partial charge in [0.2, 0.25) is 5.28 Å². The van der Waals surface area contributed by atoms with Gasteiger partial charge < -0.3 is 28.6 Å². The molecule has 4 heterocycles. The van der Waals surface area contributed by atoms with Gasteiger partial charge in [0.25, 0.3) is 5.88 Å². The van der Waals surface area contributed by atoms with E-state index in [1.165, 1.54) is 0 Å². The molecule has 0 saturated carbocycles. The number of carbonyl (C=O) groups excluding carboxylic acids is 1. The average molecular weight is 501 g/mol. The van der Waals surface area contributed by atoms with Crippen LogP contribution in [0.3, 0.4) is 0 Å². The SMILES string of the molecule is CC(C)(C)OC(=O)N1CCN(c2ccc(Oc3nc(Cl)nc4c3ncn4C3CCOC3)cc2)CC1. The zero-order valence-corrected chi connectivity index (χ0v) is 20.9. The Balaban J connectivity index is 1.25. The first kappa shape index (κ1) is 23.6. The summed E-state index contributed by atoms with van der Waals surface area (Å²) in [6.07, 6.45) is 2.37. The number of rotatable bonds is 4. The fourth-order valence-corrected chi connectivity index (χ4v) is 4.41. The number of benzene rings is 1. The molecule has 2 aromatic heterocycles. The fourth-order valence-electron chi connectivity index (χ4n) is 4.26. The maximum atomic E-state index is 12.3. The highest BCUT2D eigenvalue weighted by Crippen LogP contribution is 2.31. The standard InChI is InChI=1S/C24H29ClN6O4/c1-24(2,3)35-23(32)30-11-9-29(10-12-30)16-4-6-18(7-5-16)34-21-19-20(27-22(25)28-21)31(15-26-19)17-8-13-33-14-17/h4-7,15,17H,8-14H2,1-3H3. The summed E-state index contributed by atoms with van der Waals surface area (Å²) in [4.78, 5) is 29.4. The molecule has 1 atom stereocenters. The van der Waals surface area contributed by atoms with Crippen molar-refractivity contribution in [1.82, 2.24) is 24.4 Å². The summed E-state index contributed by atoms with van der Waals surface area (Å²) in [7, 11) is 0. The molecule has 186 valence electrons. The number of aromatic nitrogens is 4. The summed E-state index contributed by atoms with van der Waals surface area (Å²) in [6, 6.07) is 7.94. The quantitative estimate of drug-likeness (QED) is 0.489. The third kappa shape index (κ3) is 5.28. The van der Waals surface area contributed by atoms with Gasteiger partial charge in [-0.2, -0.15) is 9.97 Å². The Labute approximate surface area is 208 Å². The van der Waals surface area contributed by atoms with Gasteiger partial charge in [0.15, 0.2) is 11.2 Å². The van der Waals surface area contributed by atoms with Crippen molar-refractivity contribution in [3.05, 3.63) is 35.9 Å². The molecule has 10 nitrogen and oxygen atoms in total. The molecule has 2 aliphatic rings. The minimum atomic E-state index is -0.493. The van der Waals surface area contributed by atoms with E-state index in [0.29, 0.717) is 42.5 Å². The molecule has 5 rings (SSSR count). The minimum absolute atomic E-state index is 0.104. The predicted octanol–water partition coefficient (Wildman–Crippen LogP) is 4.29. The molecule has 0 spiro atoms. The van der Waals surface area contributed by atoms with E-state index in [1.807, 2.05) is 49.6 Å². The summed E-state index contributed by atoms with van der Waals surface area (Å²) in [6.45, 7) is 9.64. The predicted molar refractivity (Wildman–Crippen MR) is 131 cm³/mol. The van der Waals surface area contributed by atoms with Crippen LogP contribution < -0.4 is 9.64 Å². The van der Waals surface area contributed by atoms with Crippen LogP contribution in [0.25, 0.3) is 11.2 Å². The van der Waals surface area contributed by atoms with Gasteiger partial charge in [-0.25, -0.2) is 9.78 Å². The number of hydrogen-bond donors (Lipinski definition) is 0. The number of hydrogen-bond acceptors (Lipinski definition) is 8. The van der Waals surface area contributed by atoms with Crippen LogP contribution in [0.1, 0.15) is 33.2 Å². The van der Waals surface area contributed by atoms with Crippen molar-refractivity contribution < 1.29 is 19.0 Å². The Kier molecular flexibility index (Phi) is 6.41. The highest BCUT2D eigenvalue weighted by molar-refractivity contribution is 6.28. The number of piperazine rings is 1. The molecule has 35 heavy (non-hydrogen) atoms. The van der Waals surface area contributed by atoms with Crippen molar-refractivity contribution in [2.75, 3.05) is 44.3 Å². The Bertz CT molecular complexity index is 1200. The number of nitrogens with zero attached hydrogens (tertiary/aromatic N) is 6. The number of carbonyl (C=O) groups is 1. The molecule has 2 aliphatic heterocycles. The fraction of sp³-hybridized carbons (Fsp3) is 0.500. The number of imidazole rings is 1. The molecule has 1 aromatic carbocycles.